The van der Waals surface area contributed by atoms with Crippen molar-refractivity contribution in [3.05, 3.63) is 28.8 Å². The predicted molar refractivity (Wildman–Crippen MR) is 70.4 cm³/mol. The number of hydrogen-bond acceptors (Lipinski definition) is 2. The second-order valence-corrected chi connectivity index (χ2v) is 5.32. The van der Waals surface area contributed by atoms with Gasteiger partial charge in [-0.1, -0.05) is 17.7 Å². The molecule has 0 bridgehead atoms. The van der Waals surface area contributed by atoms with Crippen LogP contribution in [0, 0.1) is 5.92 Å². The van der Waals surface area contributed by atoms with Crippen LogP contribution in [0.5, 0.6) is 0 Å². The molecule has 3 N–H and O–H groups in total. The molecule has 0 aromatic heterocycles. The normalized spacial score (nSPS) is 16.9. The van der Waals surface area contributed by atoms with E-state index in [4.69, 9.17) is 17.3 Å². The Morgan fingerprint density at radius 3 is 2.65 bits per heavy atom. The molecule has 20 heavy (non-hydrogen) atoms. The van der Waals surface area contributed by atoms with Crippen molar-refractivity contribution in [2.45, 2.75) is 31.5 Å². The Morgan fingerprint density at radius 2 is 2.10 bits per heavy atom. The van der Waals surface area contributed by atoms with Gasteiger partial charge in [-0.25, -0.2) is 0 Å². The molecule has 0 aliphatic heterocycles. The molecule has 0 saturated heterocycles. The Labute approximate surface area is 119 Å². The van der Waals surface area contributed by atoms with Gasteiger partial charge in [0, 0.05) is 12.5 Å². The molecule has 2 rings (SSSR count). The summed E-state index contributed by atoms with van der Waals surface area (Å²) in [6.45, 7) is 0. The lowest BCUT2D eigenvalue weighted by Gasteiger charge is -2.16. The molecule has 1 aromatic carbocycles. The van der Waals surface area contributed by atoms with Crippen molar-refractivity contribution in [1.82, 2.24) is 0 Å². The summed E-state index contributed by atoms with van der Waals surface area (Å²) in [6.07, 6.45) is -2.65. The number of carbonyl (C=O) groups is 1. The van der Waals surface area contributed by atoms with E-state index in [1.165, 1.54) is 12.1 Å². The number of nitrogens with one attached hydrogen (secondary N) is 1. The molecule has 1 fully saturated rings. The molecule has 3 nitrogen and oxygen atoms in total. The number of carbonyl (C=O) groups excluding carboxylic acids is 1. The van der Waals surface area contributed by atoms with E-state index in [-0.39, 0.29) is 17.5 Å². The van der Waals surface area contributed by atoms with E-state index in [1.54, 1.807) is 0 Å². The van der Waals surface area contributed by atoms with Crippen molar-refractivity contribution < 1.29 is 18.0 Å². The third kappa shape index (κ3) is 3.64. The molecule has 1 amide bonds. The Kier molecular flexibility index (Phi) is 4.25. The van der Waals surface area contributed by atoms with Crippen LogP contribution < -0.4 is 11.1 Å². The summed E-state index contributed by atoms with van der Waals surface area (Å²) in [5.74, 6) is -0.253. The Balaban J connectivity index is 2.13. The highest BCUT2D eigenvalue weighted by atomic mass is 35.5. The highest BCUT2D eigenvalue weighted by Crippen LogP contribution is 2.39. The van der Waals surface area contributed by atoms with Crippen molar-refractivity contribution >= 4 is 23.2 Å². The third-order valence-electron chi connectivity index (χ3n) is 3.23. The number of halogens is 4. The first-order valence-electron chi connectivity index (χ1n) is 6.20. The Morgan fingerprint density at radius 1 is 1.45 bits per heavy atom. The molecular weight excluding hydrogens is 293 g/mol. The fourth-order valence-electron chi connectivity index (χ4n) is 1.98. The van der Waals surface area contributed by atoms with E-state index in [0.29, 0.717) is 5.92 Å². The zero-order valence-corrected chi connectivity index (χ0v) is 11.3. The van der Waals surface area contributed by atoms with Crippen molar-refractivity contribution in [3.8, 4) is 0 Å². The van der Waals surface area contributed by atoms with Gasteiger partial charge in [0.15, 0.2) is 0 Å². The van der Waals surface area contributed by atoms with E-state index >= 15 is 0 Å². The topological polar surface area (TPSA) is 55.1 Å². The van der Waals surface area contributed by atoms with Gasteiger partial charge in [0.1, 0.15) is 0 Å². The summed E-state index contributed by atoms with van der Waals surface area (Å²) in [5, 5.41) is 2.08. The van der Waals surface area contributed by atoms with Gasteiger partial charge in [-0.2, -0.15) is 13.2 Å². The molecule has 1 aliphatic carbocycles. The SMILES string of the molecule is NC(CC(=O)Nc1c(Cl)cccc1C(F)(F)F)C1CC1. The number of alkyl halides is 3. The van der Waals surface area contributed by atoms with Gasteiger partial charge in [0.25, 0.3) is 0 Å². The van der Waals surface area contributed by atoms with Crippen molar-refractivity contribution in [1.29, 1.82) is 0 Å². The van der Waals surface area contributed by atoms with E-state index in [1.807, 2.05) is 0 Å². The van der Waals surface area contributed by atoms with Gasteiger partial charge in [-0.15, -0.1) is 0 Å². The highest BCUT2D eigenvalue weighted by Gasteiger charge is 2.35. The lowest BCUT2D eigenvalue weighted by Crippen LogP contribution is -2.29. The lowest BCUT2D eigenvalue weighted by atomic mass is 10.1. The van der Waals surface area contributed by atoms with E-state index in [9.17, 15) is 18.0 Å². The van der Waals surface area contributed by atoms with Crippen LogP contribution in [0.15, 0.2) is 18.2 Å². The van der Waals surface area contributed by atoms with Crippen LogP contribution in [-0.2, 0) is 11.0 Å². The van der Waals surface area contributed by atoms with Crippen LogP contribution in [0.1, 0.15) is 24.8 Å². The fraction of sp³-hybridized carbons (Fsp3) is 0.462. The Bertz CT molecular complexity index is 515. The third-order valence-corrected chi connectivity index (χ3v) is 3.55. The number of nitrogens with two attached hydrogens (primary N) is 1. The minimum atomic E-state index is -4.58. The van der Waals surface area contributed by atoms with Crippen LogP contribution in [0.25, 0.3) is 0 Å². The second kappa shape index (κ2) is 5.61. The van der Waals surface area contributed by atoms with Gasteiger partial charge in [0.05, 0.1) is 16.3 Å². The minimum absolute atomic E-state index is 0.00676. The summed E-state index contributed by atoms with van der Waals surface area (Å²) in [6, 6.07) is 3.05. The van der Waals surface area contributed by atoms with Crippen molar-refractivity contribution in [3.63, 3.8) is 0 Å². The van der Waals surface area contributed by atoms with E-state index < -0.39 is 23.3 Å². The Hall–Kier alpha value is -1.27. The molecule has 0 spiro atoms. The van der Waals surface area contributed by atoms with Crippen LogP contribution in [0.3, 0.4) is 0 Å². The number of para-hydroxylation sites is 1. The minimum Gasteiger partial charge on any atom is -0.327 e. The van der Waals surface area contributed by atoms with Crippen LogP contribution in [0.2, 0.25) is 5.02 Å². The summed E-state index contributed by atoms with van der Waals surface area (Å²) < 4.78 is 38.5. The quantitative estimate of drug-likeness (QED) is 0.895. The van der Waals surface area contributed by atoms with E-state index in [2.05, 4.69) is 5.32 Å². The first-order chi connectivity index (χ1) is 9.29. The van der Waals surface area contributed by atoms with E-state index in [0.717, 1.165) is 18.9 Å². The average Bonchev–Trinajstić information content (AvgIpc) is 3.14. The van der Waals surface area contributed by atoms with Crippen molar-refractivity contribution in [2.24, 2.45) is 11.7 Å². The van der Waals surface area contributed by atoms with Gasteiger partial charge >= 0.3 is 6.18 Å². The summed E-state index contributed by atoms with van der Waals surface area (Å²) in [4.78, 5) is 11.8. The van der Waals surface area contributed by atoms with Crippen LogP contribution in [0.4, 0.5) is 18.9 Å². The smallest absolute Gasteiger partial charge is 0.327 e. The van der Waals surface area contributed by atoms with Gasteiger partial charge in [0.2, 0.25) is 5.91 Å². The summed E-state index contributed by atoms with van der Waals surface area (Å²) in [7, 11) is 0. The first kappa shape index (κ1) is 15.1. The van der Waals surface area contributed by atoms with Crippen molar-refractivity contribution in [2.75, 3.05) is 5.32 Å². The molecule has 1 aliphatic rings. The number of hydrogen-bond donors (Lipinski definition) is 2. The number of rotatable bonds is 4. The molecule has 110 valence electrons. The molecule has 1 atom stereocenters. The molecule has 0 radical (unpaired) electrons. The largest absolute Gasteiger partial charge is 0.418 e. The average molecular weight is 307 g/mol. The maximum atomic E-state index is 12.8. The number of benzene rings is 1. The lowest BCUT2D eigenvalue weighted by molar-refractivity contribution is -0.137. The maximum absolute atomic E-state index is 12.8. The number of amides is 1. The van der Waals surface area contributed by atoms with Crippen LogP contribution >= 0.6 is 11.6 Å². The standard InChI is InChI=1S/C13H14ClF3N2O/c14-9-3-1-2-8(13(15,16)17)12(9)19-11(20)6-10(18)7-4-5-7/h1-3,7,10H,4-6,18H2,(H,19,20). The molecular formula is C13H14ClF3N2O. The monoisotopic (exact) mass is 306 g/mol. The zero-order chi connectivity index (χ0) is 14.9. The molecule has 1 aromatic rings. The summed E-state index contributed by atoms with van der Waals surface area (Å²) in [5.41, 5.74) is 4.41. The fourth-order valence-corrected chi connectivity index (χ4v) is 2.20. The first-order valence-corrected chi connectivity index (χ1v) is 6.58. The highest BCUT2D eigenvalue weighted by molar-refractivity contribution is 6.34. The molecule has 1 saturated carbocycles. The van der Waals surface area contributed by atoms with Gasteiger partial charge < -0.3 is 11.1 Å². The molecule has 7 heteroatoms. The van der Waals surface area contributed by atoms with Gasteiger partial charge in [-0.05, 0) is 30.9 Å². The number of anilines is 1. The maximum Gasteiger partial charge on any atom is 0.418 e. The van der Waals surface area contributed by atoms with Gasteiger partial charge in [-0.3, -0.25) is 4.79 Å². The van der Waals surface area contributed by atoms with Crippen LogP contribution in [-0.4, -0.2) is 11.9 Å². The zero-order valence-electron chi connectivity index (χ0n) is 10.5. The predicted octanol–water partition coefficient (Wildman–Crippen LogP) is 3.42. The summed E-state index contributed by atoms with van der Waals surface area (Å²) >= 11 is 5.74. The molecule has 1 unspecified atom stereocenters. The molecule has 0 heterocycles. The second-order valence-electron chi connectivity index (χ2n) is 4.91.